The molecular formula is C15H15N3O2. The second-order valence-electron chi connectivity index (χ2n) is 4.95. The highest BCUT2D eigenvalue weighted by molar-refractivity contribution is 5.85. The summed E-state index contributed by atoms with van der Waals surface area (Å²) in [7, 11) is 1.45. The standard InChI is InChI=1S/C15H15N3O2/c1-4-18-12-6-5-9(2)7-10(12)8-11-13(18)16-15(20)17(3)14(11)19/h5-8H,4H2,1-3H3. The Labute approximate surface area is 115 Å². The zero-order valence-electron chi connectivity index (χ0n) is 11.7. The number of nitrogens with zero attached hydrogens (tertiary/aromatic N) is 3. The maximum absolute atomic E-state index is 12.3. The van der Waals surface area contributed by atoms with Crippen molar-refractivity contribution in [2.75, 3.05) is 0 Å². The van der Waals surface area contributed by atoms with Gasteiger partial charge in [-0.05, 0) is 37.4 Å². The number of rotatable bonds is 1. The second-order valence-corrected chi connectivity index (χ2v) is 4.95. The zero-order valence-corrected chi connectivity index (χ0v) is 11.7. The third-order valence-electron chi connectivity index (χ3n) is 3.61. The van der Waals surface area contributed by atoms with Crippen LogP contribution in [-0.4, -0.2) is 14.1 Å². The molecule has 102 valence electrons. The van der Waals surface area contributed by atoms with Gasteiger partial charge in [-0.1, -0.05) is 11.6 Å². The topological polar surface area (TPSA) is 56.9 Å². The molecule has 2 heterocycles. The average Bonchev–Trinajstić information content (AvgIpc) is 2.43. The summed E-state index contributed by atoms with van der Waals surface area (Å²) < 4.78 is 2.96. The molecule has 1 aromatic carbocycles. The van der Waals surface area contributed by atoms with E-state index in [2.05, 4.69) is 4.98 Å². The molecule has 0 amide bonds. The van der Waals surface area contributed by atoms with Gasteiger partial charge in [-0.3, -0.25) is 9.36 Å². The van der Waals surface area contributed by atoms with Crippen molar-refractivity contribution in [2.45, 2.75) is 20.4 Å². The number of benzene rings is 1. The molecule has 0 aliphatic carbocycles. The minimum absolute atomic E-state index is 0.300. The average molecular weight is 269 g/mol. The van der Waals surface area contributed by atoms with Gasteiger partial charge in [-0.25, -0.2) is 4.79 Å². The molecule has 0 spiro atoms. The third-order valence-corrected chi connectivity index (χ3v) is 3.61. The highest BCUT2D eigenvalue weighted by Gasteiger charge is 2.17. The summed E-state index contributed by atoms with van der Waals surface area (Å²) in [5.74, 6) is 0.456. The number of hydrogen-bond donors (Lipinski definition) is 0. The Morgan fingerprint density at radius 1 is 1.20 bits per heavy atom. The molecule has 0 saturated heterocycles. The van der Waals surface area contributed by atoms with E-state index in [1.54, 1.807) is 0 Å². The number of hydrogen-bond acceptors (Lipinski definition) is 3. The van der Waals surface area contributed by atoms with Crippen molar-refractivity contribution in [1.82, 2.24) is 14.1 Å². The molecule has 1 aromatic rings. The van der Waals surface area contributed by atoms with E-state index in [-0.39, 0.29) is 5.56 Å². The van der Waals surface area contributed by atoms with E-state index in [0.29, 0.717) is 17.9 Å². The largest absolute Gasteiger partial charge is 0.352 e. The fraction of sp³-hybridized carbons (Fsp3) is 0.267. The van der Waals surface area contributed by atoms with Crippen molar-refractivity contribution in [2.24, 2.45) is 7.05 Å². The highest BCUT2D eigenvalue weighted by atomic mass is 16.2. The van der Waals surface area contributed by atoms with Gasteiger partial charge in [0.25, 0.3) is 5.56 Å². The molecule has 0 saturated carbocycles. The van der Waals surface area contributed by atoms with Crippen LogP contribution in [0, 0.1) is 6.92 Å². The predicted molar refractivity (Wildman–Crippen MR) is 78.3 cm³/mol. The van der Waals surface area contributed by atoms with E-state index in [4.69, 9.17) is 0 Å². The Hall–Kier alpha value is -2.43. The molecule has 5 heteroatoms. The fourth-order valence-electron chi connectivity index (χ4n) is 2.55. The summed E-state index contributed by atoms with van der Waals surface area (Å²) >= 11 is 0. The molecule has 0 bridgehead atoms. The van der Waals surface area contributed by atoms with Gasteiger partial charge < -0.3 is 4.57 Å². The van der Waals surface area contributed by atoms with Crippen LogP contribution < -0.4 is 11.2 Å². The van der Waals surface area contributed by atoms with Crippen LogP contribution in [0.1, 0.15) is 12.5 Å². The number of aromatic nitrogens is 3. The first kappa shape index (κ1) is 12.6. The van der Waals surface area contributed by atoms with Crippen molar-refractivity contribution >= 4 is 10.9 Å². The lowest BCUT2D eigenvalue weighted by atomic mass is 10.1. The maximum atomic E-state index is 12.3. The summed E-state index contributed by atoms with van der Waals surface area (Å²) in [6, 6.07) is 7.86. The fourth-order valence-corrected chi connectivity index (χ4v) is 2.55. The molecule has 2 aliphatic rings. The lowest BCUT2D eigenvalue weighted by Gasteiger charge is -2.16. The molecule has 0 radical (unpaired) electrons. The molecule has 5 nitrogen and oxygen atoms in total. The Kier molecular flexibility index (Phi) is 2.71. The van der Waals surface area contributed by atoms with E-state index in [1.165, 1.54) is 7.05 Å². The van der Waals surface area contributed by atoms with Gasteiger partial charge in [-0.15, -0.1) is 0 Å². The predicted octanol–water partition coefficient (Wildman–Crippen LogP) is 1.53. The number of pyridine rings is 1. The van der Waals surface area contributed by atoms with Crippen molar-refractivity contribution < 1.29 is 0 Å². The number of fused-ring (bicyclic) bond motifs is 2. The van der Waals surface area contributed by atoms with Gasteiger partial charge in [0.15, 0.2) is 5.82 Å². The molecule has 20 heavy (non-hydrogen) atoms. The molecule has 0 fully saturated rings. The van der Waals surface area contributed by atoms with Crippen LogP contribution in [0.3, 0.4) is 0 Å². The summed E-state index contributed by atoms with van der Waals surface area (Å²) in [6.45, 7) is 4.63. The minimum atomic E-state index is -0.517. The number of aryl methyl sites for hydroxylation is 2. The summed E-state index contributed by atoms with van der Waals surface area (Å²) in [5.41, 5.74) is 1.77. The molecule has 2 aliphatic heterocycles. The molecular weight excluding hydrogens is 254 g/mol. The minimum Gasteiger partial charge on any atom is -0.325 e. The lowest BCUT2D eigenvalue weighted by molar-refractivity contribution is 0.725. The quantitative estimate of drug-likeness (QED) is 0.629. The van der Waals surface area contributed by atoms with E-state index >= 15 is 0 Å². The van der Waals surface area contributed by atoms with Gasteiger partial charge in [-0.2, -0.15) is 4.98 Å². The highest BCUT2D eigenvalue weighted by Crippen LogP contribution is 2.24. The second kappa shape index (κ2) is 4.30. The van der Waals surface area contributed by atoms with Gasteiger partial charge in [0.05, 0.1) is 5.56 Å². The van der Waals surface area contributed by atoms with Crippen molar-refractivity contribution in [3.8, 4) is 11.4 Å². The van der Waals surface area contributed by atoms with Crippen LogP contribution >= 0.6 is 0 Å². The van der Waals surface area contributed by atoms with Crippen molar-refractivity contribution in [3.63, 3.8) is 0 Å². The van der Waals surface area contributed by atoms with Gasteiger partial charge in [0, 0.05) is 19.1 Å². The first-order valence-electron chi connectivity index (χ1n) is 6.54. The molecule has 3 rings (SSSR count). The lowest BCUT2D eigenvalue weighted by Crippen LogP contribution is -2.35. The van der Waals surface area contributed by atoms with Crippen LogP contribution in [-0.2, 0) is 13.6 Å². The van der Waals surface area contributed by atoms with Crippen LogP contribution in [0.5, 0.6) is 0 Å². The first-order valence-corrected chi connectivity index (χ1v) is 6.54. The smallest absolute Gasteiger partial charge is 0.325 e. The van der Waals surface area contributed by atoms with Crippen LogP contribution in [0.25, 0.3) is 22.3 Å². The molecule has 0 aromatic heterocycles. The van der Waals surface area contributed by atoms with E-state index in [0.717, 1.165) is 21.0 Å². The van der Waals surface area contributed by atoms with Crippen LogP contribution in [0.2, 0.25) is 0 Å². The summed E-state index contributed by atoms with van der Waals surface area (Å²) in [6.07, 6.45) is 0. The Morgan fingerprint density at radius 2 is 1.95 bits per heavy atom. The molecule has 0 atom stereocenters. The molecule has 0 N–H and O–H groups in total. The zero-order chi connectivity index (χ0) is 14.4. The Bertz CT molecular complexity index is 905. The first-order chi connectivity index (χ1) is 9.52. The Morgan fingerprint density at radius 3 is 2.65 bits per heavy atom. The van der Waals surface area contributed by atoms with Crippen LogP contribution in [0.15, 0.2) is 33.9 Å². The van der Waals surface area contributed by atoms with E-state index in [9.17, 15) is 9.59 Å². The van der Waals surface area contributed by atoms with Crippen LogP contribution in [0.4, 0.5) is 0 Å². The van der Waals surface area contributed by atoms with Gasteiger partial charge in [0.1, 0.15) is 0 Å². The van der Waals surface area contributed by atoms with E-state index < -0.39 is 5.69 Å². The summed E-state index contributed by atoms with van der Waals surface area (Å²) in [4.78, 5) is 28.1. The monoisotopic (exact) mass is 269 g/mol. The SMILES string of the molecule is CCn1c2nc(=O)n(C)c(=O)c-2cc2cc(C)ccc21. The van der Waals surface area contributed by atoms with Crippen molar-refractivity contribution in [1.29, 1.82) is 0 Å². The summed E-state index contributed by atoms with van der Waals surface area (Å²) in [5, 5.41) is 0.983. The molecule has 0 unspecified atom stereocenters. The Balaban J connectivity index is 2.62. The van der Waals surface area contributed by atoms with Gasteiger partial charge >= 0.3 is 5.69 Å². The third kappa shape index (κ3) is 1.66. The normalized spacial score (nSPS) is 11.3. The van der Waals surface area contributed by atoms with Gasteiger partial charge in [0.2, 0.25) is 0 Å². The van der Waals surface area contributed by atoms with Crippen molar-refractivity contribution in [3.05, 3.63) is 50.7 Å². The van der Waals surface area contributed by atoms with E-state index in [1.807, 2.05) is 42.7 Å². The maximum Gasteiger partial charge on any atom is 0.352 e.